The van der Waals surface area contributed by atoms with E-state index in [1.54, 1.807) is 0 Å². The van der Waals surface area contributed by atoms with Gasteiger partial charge in [-0.1, -0.05) is 0 Å². The largest absolute Gasteiger partial charge is 0.415 e. The number of rotatable bonds is 5. The lowest BCUT2D eigenvalue weighted by molar-refractivity contribution is -0.114. The van der Waals surface area contributed by atoms with E-state index in [1.807, 2.05) is 24.3 Å². The SMILES string of the molecule is CC(=O)Nc1cnc(Sc2ccc(C(=O)N[C@H]3CN4CCC3CC4)cc2)o1. The highest BCUT2D eigenvalue weighted by Gasteiger charge is 2.34. The average molecular weight is 386 g/mol. The van der Waals surface area contributed by atoms with Gasteiger partial charge in [-0.25, -0.2) is 4.98 Å². The van der Waals surface area contributed by atoms with Gasteiger partial charge in [0.2, 0.25) is 11.8 Å². The molecule has 5 rings (SSSR count). The smallest absolute Gasteiger partial charge is 0.262 e. The third-order valence-electron chi connectivity index (χ3n) is 5.08. The van der Waals surface area contributed by atoms with Gasteiger partial charge in [0.1, 0.15) is 0 Å². The minimum atomic E-state index is -0.207. The molecule has 27 heavy (non-hydrogen) atoms. The fraction of sp³-hybridized carbons (Fsp3) is 0.421. The van der Waals surface area contributed by atoms with Crippen LogP contribution in [0.5, 0.6) is 0 Å². The van der Waals surface area contributed by atoms with Gasteiger partial charge in [0.15, 0.2) is 0 Å². The van der Waals surface area contributed by atoms with Crippen LogP contribution in [0, 0.1) is 5.92 Å². The first kappa shape index (κ1) is 18.1. The molecule has 3 fully saturated rings. The Kier molecular flexibility index (Phi) is 5.18. The maximum atomic E-state index is 12.6. The van der Waals surface area contributed by atoms with Crippen LogP contribution in [0.1, 0.15) is 30.1 Å². The van der Waals surface area contributed by atoms with Gasteiger partial charge >= 0.3 is 0 Å². The van der Waals surface area contributed by atoms with Crippen molar-refractivity contribution in [3.8, 4) is 0 Å². The lowest BCUT2D eigenvalue weighted by Gasteiger charge is -2.44. The number of anilines is 1. The van der Waals surface area contributed by atoms with Crippen LogP contribution in [0.15, 0.2) is 45.0 Å². The van der Waals surface area contributed by atoms with E-state index in [0.29, 0.717) is 22.6 Å². The highest BCUT2D eigenvalue weighted by Crippen LogP contribution is 2.29. The summed E-state index contributed by atoms with van der Waals surface area (Å²) < 4.78 is 5.44. The molecular weight excluding hydrogens is 364 g/mol. The van der Waals surface area contributed by atoms with Crippen LogP contribution in [-0.4, -0.2) is 47.4 Å². The summed E-state index contributed by atoms with van der Waals surface area (Å²) in [6, 6.07) is 7.64. The second-order valence-electron chi connectivity index (χ2n) is 7.02. The molecule has 1 aromatic heterocycles. The predicted octanol–water partition coefficient (Wildman–Crippen LogP) is 2.61. The quantitative estimate of drug-likeness (QED) is 0.821. The molecule has 142 valence electrons. The lowest BCUT2D eigenvalue weighted by atomic mass is 9.84. The molecule has 2 aromatic rings. The van der Waals surface area contributed by atoms with Crippen LogP contribution in [0.3, 0.4) is 0 Å². The van der Waals surface area contributed by atoms with Crippen LogP contribution < -0.4 is 10.6 Å². The molecule has 0 spiro atoms. The van der Waals surface area contributed by atoms with E-state index in [2.05, 4.69) is 20.5 Å². The van der Waals surface area contributed by atoms with Crippen LogP contribution >= 0.6 is 11.8 Å². The van der Waals surface area contributed by atoms with Crippen molar-refractivity contribution in [2.75, 3.05) is 25.0 Å². The predicted molar refractivity (Wildman–Crippen MR) is 102 cm³/mol. The van der Waals surface area contributed by atoms with Crippen LogP contribution in [0.4, 0.5) is 5.88 Å². The summed E-state index contributed by atoms with van der Waals surface area (Å²) >= 11 is 1.33. The molecule has 1 atom stereocenters. The zero-order valence-electron chi connectivity index (χ0n) is 15.1. The summed E-state index contributed by atoms with van der Waals surface area (Å²) in [4.78, 5) is 31.0. The van der Waals surface area contributed by atoms with Gasteiger partial charge in [-0.3, -0.25) is 14.9 Å². The molecular formula is C19H22N4O3S. The van der Waals surface area contributed by atoms with Gasteiger partial charge in [-0.15, -0.1) is 0 Å². The van der Waals surface area contributed by atoms with E-state index in [9.17, 15) is 9.59 Å². The molecule has 0 unspecified atom stereocenters. The first-order chi connectivity index (χ1) is 13.1. The number of benzene rings is 1. The van der Waals surface area contributed by atoms with Gasteiger partial charge in [-0.05, 0) is 67.9 Å². The molecule has 8 heteroatoms. The van der Waals surface area contributed by atoms with Crippen molar-refractivity contribution in [3.05, 3.63) is 36.0 Å². The summed E-state index contributed by atoms with van der Waals surface area (Å²) in [5, 5.41) is 6.18. The highest BCUT2D eigenvalue weighted by atomic mass is 32.2. The second-order valence-corrected chi connectivity index (χ2v) is 8.04. The number of nitrogens with zero attached hydrogens (tertiary/aromatic N) is 2. The van der Waals surface area contributed by atoms with E-state index in [0.717, 1.165) is 24.5 Å². The Hall–Kier alpha value is -2.32. The number of amides is 2. The van der Waals surface area contributed by atoms with Crippen LogP contribution in [-0.2, 0) is 4.79 Å². The van der Waals surface area contributed by atoms with Gasteiger partial charge < -0.3 is 14.6 Å². The Balaban J connectivity index is 1.35. The number of hydrogen-bond acceptors (Lipinski definition) is 6. The number of oxazole rings is 1. The summed E-state index contributed by atoms with van der Waals surface area (Å²) in [7, 11) is 0. The molecule has 4 heterocycles. The van der Waals surface area contributed by atoms with E-state index < -0.39 is 0 Å². The van der Waals surface area contributed by atoms with Crippen molar-refractivity contribution in [1.29, 1.82) is 0 Å². The second kappa shape index (κ2) is 7.74. The van der Waals surface area contributed by atoms with Crippen molar-refractivity contribution in [2.45, 2.75) is 35.9 Å². The Morgan fingerprint density at radius 2 is 1.96 bits per heavy atom. The van der Waals surface area contributed by atoms with Crippen molar-refractivity contribution in [2.24, 2.45) is 5.92 Å². The Morgan fingerprint density at radius 1 is 1.22 bits per heavy atom. The normalized spacial score (nSPS) is 23.8. The number of carbonyl (C=O) groups excluding carboxylic acids is 2. The van der Waals surface area contributed by atoms with Crippen LogP contribution in [0.25, 0.3) is 0 Å². The summed E-state index contributed by atoms with van der Waals surface area (Å²) in [6.45, 7) is 4.70. The van der Waals surface area contributed by atoms with Crippen molar-refractivity contribution >= 4 is 29.5 Å². The van der Waals surface area contributed by atoms with Crippen LogP contribution in [0.2, 0.25) is 0 Å². The Morgan fingerprint density at radius 3 is 2.59 bits per heavy atom. The zero-order chi connectivity index (χ0) is 18.8. The minimum Gasteiger partial charge on any atom is -0.415 e. The number of fused-ring (bicyclic) bond motifs is 3. The summed E-state index contributed by atoms with van der Waals surface area (Å²) in [5.74, 6) is 0.700. The third-order valence-corrected chi connectivity index (χ3v) is 5.95. The fourth-order valence-electron chi connectivity index (χ4n) is 3.69. The van der Waals surface area contributed by atoms with Gasteiger partial charge in [0.25, 0.3) is 11.1 Å². The fourth-order valence-corrected chi connectivity index (χ4v) is 4.40. The number of aromatic nitrogens is 1. The standard InChI is InChI=1S/C19H22N4O3S/c1-12(24)21-17-10-20-19(26-17)27-15-4-2-14(3-5-15)18(25)22-16-11-23-8-6-13(16)7-9-23/h2-5,10,13,16H,6-9,11H2,1H3,(H,21,24)(H,22,25)/t16-/m0/s1. The average Bonchev–Trinajstić information content (AvgIpc) is 3.09. The molecule has 2 N–H and O–H groups in total. The zero-order valence-corrected chi connectivity index (χ0v) is 15.9. The molecule has 7 nitrogen and oxygen atoms in total. The summed E-state index contributed by atoms with van der Waals surface area (Å²) in [6.07, 6.45) is 3.83. The van der Waals surface area contributed by atoms with E-state index in [4.69, 9.17) is 4.42 Å². The molecule has 0 saturated carbocycles. The number of carbonyl (C=O) groups is 2. The van der Waals surface area contributed by atoms with Crippen molar-refractivity contribution in [3.63, 3.8) is 0 Å². The molecule has 3 aliphatic heterocycles. The number of nitrogens with one attached hydrogen (secondary N) is 2. The molecule has 3 saturated heterocycles. The van der Waals surface area contributed by atoms with Crippen molar-refractivity contribution < 1.29 is 14.0 Å². The monoisotopic (exact) mass is 386 g/mol. The topological polar surface area (TPSA) is 87.5 Å². The first-order valence-corrected chi connectivity index (χ1v) is 9.93. The van der Waals surface area contributed by atoms with Crippen molar-refractivity contribution in [1.82, 2.24) is 15.2 Å². The van der Waals surface area contributed by atoms with E-state index in [1.165, 1.54) is 37.7 Å². The third kappa shape index (κ3) is 4.33. The molecule has 1 aromatic carbocycles. The van der Waals surface area contributed by atoms with Gasteiger partial charge in [-0.2, -0.15) is 0 Å². The van der Waals surface area contributed by atoms with Gasteiger partial charge in [0.05, 0.1) is 6.20 Å². The highest BCUT2D eigenvalue weighted by molar-refractivity contribution is 7.99. The van der Waals surface area contributed by atoms with Gasteiger partial charge in [0, 0.05) is 30.0 Å². The lowest BCUT2D eigenvalue weighted by Crippen LogP contribution is -2.57. The minimum absolute atomic E-state index is 0.0191. The Labute approximate surface area is 161 Å². The van der Waals surface area contributed by atoms with E-state index >= 15 is 0 Å². The molecule has 2 amide bonds. The number of hydrogen-bond donors (Lipinski definition) is 2. The molecule has 0 radical (unpaired) electrons. The maximum Gasteiger partial charge on any atom is 0.262 e. The molecule has 3 aliphatic rings. The number of piperidine rings is 3. The summed E-state index contributed by atoms with van der Waals surface area (Å²) in [5.41, 5.74) is 0.655. The first-order valence-electron chi connectivity index (χ1n) is 9.11. The Bertz CT molecular complexity index is 828. The van der Waals surface area contributed by atoms with E-state index in [-0.39, 0.29) is 17.9 Å². The maximum absolute atomic E-state index is 12.6. The molecule has 0 aliphatic carbocycles. The molecule has 2 bridgehead atoms.